The first-order chi connectivity index (χ1) is 27.0. The normalized spacial score (nSPS) is 15.7. The van der Waals surface area contributed by atoms with E-state index in [1.54, 1.807) is 37.3 Å². The third kappa shape index (κ3) is 9.91. The van der Waals surface area contributed by atoms with Gasteiger partial charge in [0.05, 0.1) is 24.2 Å². The number of carbonyl (C=O) groups excluding carboxylic acids is 3. The van der Waals surface area contributed by atoms with Crippen molar-refractivity contribution in [2.45, 2.75) is 58.0 Å². The monoisotopic (exact) mass is 769 g/mol. The van der Waals surface area contributed by atoms with Crippen LogP contribution < -0.4 is 25.7 Å². The molecule has 11 nitrogen and oxygen atoms in total. The molecule has 2 aliphatic heterocycles. The molecular formula is C43H45BClN7O4. The van der Waals surface area contributed by atoms with E-state index in [1.807, 2.05) is 60.4 Å². The Balaban J connectivity index is 1.10. The number of carbonyl (C=O) groups is 3. The standard InChI is InChI=1S/C43H45BClN7O4/c1-3-48-39(53)24-37-43(47)52(27(2)46)38-15-14-35(23-36(38)42(50-37)31-10-12-34(45)13-11-31)56-26-40(54)49-25-29-7-4-8-32(20-29)30-16-18-51(19-17-30)41(55)22-28-6-5-9-33(44)21-28/h4-15,20-21,23,30,37,46-47H,3,16-19,22,24-26H2,1-2H3,(H,48,53)(H,49,54). The number of benzodiazepines with no additional fused rings is 1. The maximum Gasteiger partial charge on any atom is 0.258 e. The maximum atomic E-state index is 13.1. The number of piperidine rings is 1. The average molecular weight is 770 g/mol. The zero-order valence-electron chi connectivity index (χ0n) is 31.6. The SMILES string of the molecule is [B]c1cccc(CC(=O)N2CCC(c3cccc(CNC(=O)COc4ccc5c(c4)C(c4ccc(Cl)cc4)=NC(CC(=O)NCC)C(=N)N5C(C)=N)c3)CC2)c1. The summed E-state index contributed by atoms with van der Waals surface area (Å²) in [5, 5.41) is 23.9. The van der Waals surface area contributed by atoms with Crippen LogP contribution in [0.25, 0.3) is 0 Å². The number of aliphatic imine (C=N–C) groups is 1. The fourth-order valence-corrected chi connectivity index (χ4v) is 7.28. The summed E-state index contributed by atoms with van der Waals surface area (Å²) in [5.74, 6) is 0.363. The Bertz CT molecular complexity index is 2150. The summed E-state index contributed by atoms with van der Waals surface area (Å²) in [4.78, 5) is 47.0. The number of likely N-dealkylation sites (tertiary alicyclic amines) is 1. The largest absolute Gasteiger partial charge is 0.484 e. The van der Waals surface area contributed by atoms with E-state index >= 15 is 0 Å². The van der Waals surface area contributed by atoms with Gasteiger partial charge in [0, 0.05) is 42.3 Å². The highest BCUT2D eigenvalue weighted by atomic mass is 35.5. The number of amides is 3. The minimum absolute atomic E-state index is 0.00298. The van der Waals surface area contributed by atoms with Gasteiger partial charge in [-0.3, -0.25) is 35.1 Å². The minimum Gasteiger partial charge on any atom is -0.484 e. The Morgan fingerprint density at radius 2 is 1.66 bits per heavy atom. The lowest BCUT2D eigenvalue weighted by Crippen LogP contribution is -2.42. The maximum absolute atomic E-state index is 13.1. The number of hydrogen-bond acceptors (Lipinski definition) is 7. The van der Waals surface area contributed by atoms with Crippen LogP contribution in [0.4, 0.5) is 5.69 Å². The number of fused-ring (bicyclic) bond motifs is 1. The number of nitrogens with zero attached hydrogens (tertiary/aromatic N) is 3. The molecule has 3 amide bonds. The first kappa shape index (κ1) is 39.9. The van der Waals surface area contributed by atoms with Gasteiger partial charge < -0.3 is 20.3 Å². The lowest BCUT2D eigenvalue weighted by Gasteiger charge is -2.32. The van der Waals surface area contributed by atoms with Crippen LogP contribution in [0.5, 0.6) is 5.75 Å². The number of nitrogens with one attached hydrogen (secondary N) is 4. The molecule has 2 radical (unpaired) electrons. The molecule has 0 bridgehead atoms. The van der Waals surface area contributed by atoms with Crippen molar-refractivity contribution in [3.8, 4) is 5.75 Å². The van der Waals surface area contributed by atoms with Crippen LogP contribution in [-0.2, 0) is 27.3 Å². The topological polar surface area (TPSA) is 151 Å². The zero-order valence-corrected chi connectivity index (χ0v) is 32.4. The van der Waals surface area contributed by atoms with E-state index < -0.39 is 6.04 Å². The second kappa shape index (κ2) is 18.3. The van der Waals surface area contributed by atoms with E-state index in [9.17, 15) is 14.4 Å². The molecule has 0 spiro atoms. The Morgan fingerprint density at radius 1 is 0.929 bits per heavy atom. The van der Waals surface area contributed by atoms with Crippen molar-refractivity contribution in [3.05, 3.63) is 124 Å². The van der Waals surface area contributed by atoms with Gasteiger partial charge in [-0.15, -0.1) is 0 Å². The highest BCUT2D eigenvalue weighted by Crippen LogP contribution is 2.33. The van der Waals surface area contributed by atoms with Gasteiger partial charge in [-0.2, -0.15) is 0 Å². The molecule has 1 fully saturated rings. The summed E-state index contributed by atoms with van der Waals surface area (Å²) in [6.45, 7) is 5.32. The molecule has 0 aliphatic carbocycles. The number of anilines is 1. The number of amidine groups is 2. The van der Waals surface area contributed by atoms with Crippen molar-refractivity contribution in [1.82, 2.24) is 15.5 Å². The van der Waals surface area contributed by atoms with Gasteiger partial charge in [0.15, 0.2) is 6.61 Å². The predicted molar refractivity (Wildman–Crippen MR) is 222 cm³/mol. The molecule has 1 saturated heterocycles. The lowest BCUT2D eigenvalue weighted by molar-refractivity contribution is -0.131. The quantitative estimate of drug-likeness (QED) is 0.0876. The van der Waals surface area contributed by atoms with Crippen molar-refractivity contribution in [3.63, 3.8) is 0 Å². The van der Waals surface area contributed by atoms with Gasteiger partial charge in [-0.1, -0.05) is 77.7 Å². The summed E-state index contributed by atoms with van der Waals surface area (Å²) < 4.78 is 5.99. The fourth-order valence-electron chi connectivity index (χ4n) is 7.15. The van der Waals surface area contributed by atoms with Crippen LogP contribution in [0, 0.1) is 10.8 Å². The summed E-state index contributed by atoms with van der Waals surface area (Å²) in [5.41, 5.74) is 6.05. The fraction of sp³-hybridized carbons (Fsp3) is 0.302. The molecule has 4 N–H and O–H groups in total. The van der Waals surface area contributed by atoms with E-state index in [0.717, 1.165) is 24.0 Å². The third-order valence-corrected chi connectivity index (χ3v) is 10.2. The van der Waals surface area contributed by atoms with Gasteiger partial charge in [-0.25, -0.2) is 0 Å². The van der Waals surface area contributed by atoms with Crippen molar-refractivity contribution >= 4 is 65.7 Å². The first-order valence-corrected chi connectivity index (χ1v) is 19.2. The smallest absolute Gasteiger partial charge is 0.258 e. The molecule has 4 aromatic rings. The first-order valence-electron chi connectivity index (χ1n) is 18.8. The highest BCUT2D eigenvalue weighted by molar-refractivity contribution is 6.32. The van der Waals surface area contributed by atoms with Gasteiger partial charge in [0.25, 0.3) is 5.91 Å². The van der Waals surface area contributed by atoms with Gasteiger partial charge in [-0.05, 0) is 79.6 Å². The molecule has 0 aromatic heterocycles. The Morgan fingerprint density at radius 3 is 2.38 bits per heavy atom. The lowest BCUT2D eigenvalue weighted by atomic mass is 9.88. The Labute approximate surface area is 333 Å². The number of benzene rings is 4. The highest BCUT2D eigenvalue weighted by Gasteiger charge is 2.32. The van der Waals surface area contributed by atoms with Crippen molar-refractivity contribution < 1.29 is 19.1 Å². The number of halogens is 1. The van der Waals surface area contributed by atoms with Crippen LogP contribution in [0.15, 0.2) is 96.0 Å². The van der Waals surface area contributed by atoms with Crippen LogP contribution in [0.3, 0.4) is 0 Å². The molecule has 0 saturated carbocycles. The molecule has 2 aliphatic rings. The van der Waals surface area contributed by atoms with E-state index in [0.29, 0.717) is 77.3 Å². The molecule has 286 valence electrons. The van der Waals surface area contributed by atoms with Crippen LogP contribution in [-0.4, -0.2) is 80.1 Å². The predicted octanol–water partition coefficient (Wildman–Crippen LogP) is 5.30. The number of rotatable bonds is 12. The van der Waals surface area contributed by atoms with E-state index in [2.05, 4.69) is 22.8 Å². The molecule has 1 unspecified atom stereocenters. The summed E-state index contributed by atoms with van der Waals surface area (Å²) in [7, 11) is 5.89. The zero-order chi connectivity index (χ0) is 39.8. The third-order valence-electron chi connectivity index (χ3n) is 9.95. The summed E-state index contributed by atoms with van der Waals surface area (Å²) in [6, 6.07) is 27.1. The molecule has 6 rings (SSSR count). The second-order valence-corrected chi connectivity index (χ2v) is 14.5. The van der Waals surface area contributed by atoms with Gasteiger partial charge in [0.1, 0.15) is 31.3 Å². The molecule has 13 heteroatoms. The van der Waals surface area contributed by atoms with Crippen molar-refractivity contribution in [1.29, 1.82) is 10.8 Å². The molecule has 1 atom stereocenters. The molecule has 56 heavy (non-hydrogen) atoms. The van der Waals surface area contributed by atoms with E-state index in [4.69, 9.17) is 40.0 Å². The second-order valence-electron chi connectivity index (χ2n) is 14.0. The van der Waals surface area contributed by atoms with E-state index in [1.165, 1.54) is 10.5 Å². The minimum atomic E-state index is -0.865. The molecule has 4 aromatic carbocycles. The molecular weight excluding hydrogens is 725 g/mol. The Kier molecular flexibility index (Phi) is 13.0. The van der Waals surface area contributed by atoms with Gasteiger partial charge >= 0.3 is 0 Å². The van der Waals surface area contributed by atoms with Crippen molar-refractivity contribution in [2.75, 3.05) is 31.1 Å². The number of hydrogen-bond donors (Lipinski definition) is 4. The van der Waals surface area contributed by atoms with Crippen LogP contribution in [0.2, 0.25) is 5.02 Å². The summed E-state index contributed by atoms with van der Waals surface area (Å²) >= 11 is 6.21. The number of ether oxygens (including phenoxy) is 1. The average Bonchev–Trinajstić information content (AvgIpc) is 3.30. The van der Waals surface area contributed by atoms with Crippen molar-refractivity contribution in [2.24, 2.45) is 4.99 Å². The Hall–Kier alpha value is -5.75. The summed E-state index contributed by atoms with van der Waals surface area (Å²) in [6.07, 6.45) is 2.00. The van der Waals surface area contributed by atoms with Gasteiger partial charge in [0.2, 0.25) is 11.8 Å². The van der Waals surface area contributed by atoms with Crippen LogP contribution >= 0.6 is 11.6 Å². The van der Waals surface area contributed by atoms with E-state index in [-0.39, 0.29) is 42.4 Å². The van der Waals surface area contributed by atoms with Crippen LogP contribution in [0.1, 0.15) is 66.8 Å². The molecule has 2 heterocycles.